The predicted molar refractivity (Wildman–Crippen MR) is 101 cm³/mol. The highest BCUT2D eigenvalue weighted by molar-refractivity contribution is 7.08. The minimum atomic E-state index is 0.0136. The molecule has 4 heterocycles. The van der Waals surface area contributed by atoms with Gasteiger partial charge in [-0.2, -0.15) is 16.3 Å². The van der Waals surface area contributed by atoms with Gasteiger partial charge in [0, 0.05) is 55.3 Å². The van der Waals surface area contributed by atoms with E-state index in [4.69, 9.17) is 4.52 Å². The molecule has 1 aliphatic heterocycles. The molecule has 0 atom stereocenters. The molecule has 4 rings (SSSR count). The molecule has 8 nitrogen and oxygen atoms in total. The van der Waals surface area contributed by atoms with E-state index in [2.05, 4.69) is 30.3 Å². The van der Waals surface area contributed by atoms with Crippen LogP contribution < -0.4 is 10.2 Å². The summed E-state index contributed by atoms with van der Waals surface area (Å²) >= 11 is 1.58. The van der Waals surface area contributed by atoms with Crippen LogP contribution in [0.4, 0.5) is 5.95 Å². The highest BCUT2D eigenvalue weighted by Gasteiger charge is 2.22. The van der Waals surface area contributed by atoms with Crippen molar-refractivity contribution in [3.05, 3.63) is 41.2 Å². The summed E-state index contributed by atoms with van der Waals surface area (Å²) in [6.45, 7) is 1.67. The molecule has 0 saturated carbocycles. The van der Waals surface area contributed by atoms with Crippen LogP contribution in [0.3, 0.4) is 0 Å². The van der Waals surface area contributed by atoms with Crippen molar-refractivity contribution in [2.75, 3.05) is 18.0 Å². The first kappa shape index (κ1) is 17.6. The average Bonchev–Trinajstić information content (AvgIpc) is 3.39. The largest absolute Gasteiger partial charge is 0.353 e. The fourth-order valence-corrected chi connectivity index (χ4v) is 3.70. The van der Waals surface area contributed by atoms with Crippen molar-refractivity contribution in [3.8, 4) is 11.4 Å². The smallest absolute Gasteiger partial charge is 0.227 e. The van der Waals surface area contributed by atoms with Crippen LogP contribution in [0.15, 0.2) is 39.8 Å². The summed E-state index contributed by atoms with van der Waals surface area (Å²) in [5.74, 6) is 1.82. The number of thiophene rings is 1. The number of nitrogens with one attached hydrogen (secondary N) is 1. The molecule has 1 amide bonds. The zero-order valence-corrected chi connectivity index (χ0v) is 15.6. The maximum absolute atomic E-state index is 12.2. The Bertz CT molecular complexity index is 859. The highest BCUT2D eigenvalue weighted by Crippen LogP contribution is 2.19. The van der Waals surface area contributed by atoms with Crippen molar-refractivity contribution < 1.29 is 9.32 Å². The van der Waals surface area contributed by atoms with Gasteiger partial charge in [0.05, 0.1) is 0 Å². The Labute approximate surface area is 160 Å². The third-order valence-electron chi connectivity index (χ3n) is 4.51. The number of nitrogens with zero attached hydrogens (tertiary/aromatic N) is 5. The lowest BCUT2D eigenvalue weighted by Gasteiger charge is -2.32. The quantitative estimate of drug-likeness (QED) is 0.696. The predicted octanol–water partition coefficient (Wildman–Crippen LogP) is 2.31. The lowest BCUT2D eigenvalue weighted by molar-refractivity contribution is -0.122. The molecule has 0 spiro atoms. The fourth-order valence-electron chi connectivity index (χ4n) is 3.06. The van der Waals surface area contributed by atoms with Gasteiger partial charge in [0.2, 0.25) is 23.6 Å². The molecule has 1 aliphatic rings. The van der Waals surface area contributed by atoms with E-state index in [0.29, 0.717) is 24.6 Å². The van der Waals surface area contributed by atoms with Crippen LogP contribution in [-0.2, 0) is 11.2 Å². The summed E-state index contributed by atoms with van der Waals surface area (Å²) in [6, 6.07) is 3.93. The third-order valence-corrected chi connectivity index (χ3v) is 5.19. The van der Waals surface area contributed by atoms with Crippen molar-refractivity contribution in [2.45, 2.75) is 31.7 Å². The molecule has 27 heavy (non-hydrogen) atoms. The molecule has 0 unspecified atom stereocenters. The first-order valence-electron chi connectivity index (χ1n) is 8.94. The number of carbonyl (C=O) groups is 1. The number of amides is 1. The zero-order chi connectivity index (χ0) is 18.5. The van der Waals surface area contributed by atoms with E-state index in [1.807, 2.05) is 22.9 Å². The summed E-state index contributed by atoms with van der Waals surface area (Å²) in [7, 11) is 0. The Morgan fingerprint density at radius 2 is 2.11 bits per heavy atom. The van der Waals surface area contributed by atoms with Crippen molar-refractivity contribution in [1.29, 1.82) is 0 Å². The number of hydrogen-bond acceptors (Lipinski definition) is 8. The topological polar surface area (TPSA) is 97.0 Å². The summed E-state index contributed by atoms with van der Waals surface area (Å²) in [5.41, 5.74) is 0.939. The maximum Gasteiger partial charge on any atom is 0.227 e. The van der Waals surface area contributed by atoms with E-state index in [9.17, 15) is 4.79 Å². The van der Waals surface area contributed by atoms with Gasteiger partial charge in [-0.1, -0.05) is 5.16 Å². The molecule has 0 aromatic carbocycles. The summed E-state index contributed by atoms with van der Waals surface area (Å²) in [5, 5.41) is 11.0. The SMILES string of the molecule is O=C(CCc1nc(-c2ccsc2)no1)NC1CCN(c2ncccn2)CC1. The molecule has 1 N–H and O–H groups in total. The number of rotatable bonds is 6. The van der Waals surface area contributed by atoms with E-state index in [1.54, 1.807) is 23.7 Å². The molecule has 3 aromatic heterocycles. The Morgan fingerprint density at radius 1 is 1.30 bits per heavy atom. The van der Waals surface area contributed by atoms with Gasteiger partial charge in [-0.3, -0.25) is 4.79 Å². The van der Waals surface area contributed by atoms with Crippen molar-refractivity contribution in [1.82, 2.24) is 25.4 Å². The van der Waals surface area contributed by atoms with Crippen LogP contribution in [0.2, 0.25) is 0 Å². The van der Waals surface area contributed by atoms with Crippen LogP contribution in [-0.4, -0.2) is 45.1 Å². The fraction of sp³-hybridized carbons (Fsp3) is 0.389. The highest BCUT2D eigenvalue weighted by atomic mass is 32.1. The zero-order valence-electron chi connectivity index (χ0n) is 14.7. The summed E-state index contributed by atoms with van der Waals surface area (Å²) in [6.07, 6.45) is 6.04. The average molecular weight is 384 g/mol. The van der Waals surface area contributed by atoms with Gasteiger partial charge >= 0.3 is 0 Å². The maximum atomic E-state index is 12.2. The van der Waals surface area contributed by atoms with Crippen molar-refractivity contribution >= 4 is 23.2 Å². The van der Waals surface area contributed by atoms with E-state index in [-0.39, 0.29) is 11.9 Å². The molecule has 1 saturated heterocycles. The lowest BCUT2D eigenvalue weighted by atomic mass is 10.1. The Kier molecular flexibility index (Phi) is 5.38. The van der Waals surface area contributed by atoms with Crippen LogP contribution in [0, 0.1) is 0 Å². The van der Waals surface area contributed by atoms with E-state index in [0.717, 1.165) is 37.4 Å². The van der Waals surface area contributed by atoms with E-state index in [1.165, 1.54) is 0 Å². The second-order valence-electron chi connectivity index (χ2n) is 6.40. The van der Waals surface area contributed by atoms with Crippen LogP contribution >= 0.6 is 11.3 Å². The van der Waals surface area contributed by atoms with Gasteiger partial charge in [0.1, 0.15) is 0 Å². The number of aryl methyl sites for hydroxylation is 1. The van der Waals surface area contributed by atoms with E-state index < -0.39 is 0 Å². The molecular weight excluding hydrogens is 364 g/mol. The first-order valence-corrected chi connectivity index (χ1v) is 9.89. The second-order valence-corrected chi connectivity index (χ2v) is 7.18. The van der Waals surface area contributed by atoms with Gasteiger partial charge in [-0.05, 0) is 30.4 Å². The molecule has 0 aliphatic carbocycles. The second kappa shape index (κ2) is 8.26. The van der Waals surface area contributed by atoms with Gasteiger partial charge in [-0.25, -0.2) is 9.97 Å². The first-order chi connectivity index (χ1) is 13.3. The summed E-state index contributed by atoms with van der Waals surface area (Å²) < 4.78 is 5.23. The Hall–Kier alpha value is -2.81. The molecule has 0 bridgehead atoms. The standard InChI is InChI=1S/C18H20N6O2S/c25-15(2-3-16-22-17(23-26-16)13-6-11-27-12-13)21-14-4-9-24(10-5-14)18-19-7-1-8-20-18/h1,6-8,11-12,14H,2-5,9-10H2,(H,21,25). The minimum Gasteiger partial charge on any atom is -0.353 e. The molecule has 1 fully saturated rings. The molecular formula is C18H20N6O2S. The van der Waals surface area contributed by atoms with Gasteiger partial charge in [0.15, 0.2) is 0 Å². The normalized spacial score (nSPS) is 15.0. The Morgan fingerprint density at radius 3 is 2.85 bits per heavy atom. The molecule has 140 valence electrons. The third kappa shape index (κ3) is 4.48. The lowest BCUT2D eigenvalue weighted by Crippen LogP contribution is -2.45. The molecule has 9 heteroatoms. The monoisotopic (exact) mass is 384 g/mol. The number of carbonyl (C=O) groups excluding carboxylic acids is 1. The van der Waals surface area contributed by atoms with Crippen molar-refractivity contribution in [2.24, 2.45) is 0 Å². The number of anilines is 1. The molecule has 0 radical (unpaired) electrons. The van der Waals surface area contributed by atoms with Gasteiger partial charge in [0.25, 0.3) is 0 Å². The van der Waals surface area contributed by atoms with Crippen molar-refractivity contribution in [3.63, 3.8) is 0 Å². The van der Waals surface area contributed by atoms with Gasteiger partial charge in [-0.15, -0.1) is 0 Å². The Balaban J connectivity index is 1.21. The van der Waals surface area contributed by atoms with Crippen LogP contribution in [0.5, 0.6) is 0 Å². The van der Waals surface area contributed by atoms with E-state index >= 15 is 0 Å². The number of aromatic nitrogens is 4. The van der Waals surface area contributed by atoms with Gasteiger partial charge < -0.3 is 14.7 Å². The number of piperidine rings is 1. The number of hydrogen-bond donors (Lipinski definition) is 1. The van der Waals surface area contributed by atoms with Crippen LogP contribution in [0.25, 0.3) is 11.4 Å². The molecule has 3 aromatic rings. The van der Waals surface area contributed by atoms with Crippen LogP contribution in [0.1, 0.15) is 25.2 Å². The summed E-state index contributed by atoms with van der Waals surface area (Å²) in [4.78, 5) is 27.3. The minimum absolute atomic E-state index is 0.0136.